The SMILES string of the molecule is CSCCC(NC(N)=O)C(=O)NC(C)(C)C(=O)O. The number of hydrogen-bond acceptors (Lipinski definition) is 4. The summed E-state index contributed by atoms with van der Waals surface area (Å²) in [6.07, 6.45) is 2.24. The molecule has 0 heterocycles. The van der Waals surface area contributed by atoms with Gasteiger partial charge in [0.1, 0.15) is 11.6 Å². The monoisotopic (exact) mass is 277 g/mol. The molecule has 7 nitrogen and oxygen atoms in total. The first-order valence-corrected chi connectivity index (χ1v) is 6.70. The number of amides is 3. The predicted molar refractivity (Wildman–Crippen MR) is 69.4 cm³/mol. The van der Waals surface area contributed by atoms with E-state index in [4.69, 9.17) is 10.8 Å². The summed E-state index contributed by atoms with van der Waals surface area (Å²) in [5, 5.41) is 13.5. The van der Waals surface area contributed by atoms with E-state index >= 15 is 0 Å². The second-order valence-corrected chi connectivity index (χ2v) is 5.25. The molecule has 0 saturated carbocycles. The van der Waals surface area contributed by atoms with Crippen molar-refractivity contribution in [1.82, 2.24) is 10.6 Å². The summed E-state index contributed by atoms with van der Waals surface area (Å²) in [4.78, 5) is 33.5. The van der Waals surface area contributed by atoms with Crippen LogP contribution in [-0.4, -0.2) is 46.6 Å². The van der Waals surface area contributed by atoms with Crippen LogP contribution in [-0.2, 0) is 9.59 Å². The van der Waals surface area contributed by atoms with Crippen molar-refractivity contribution in [3.8, 4) is 0 Å². The Morgan fingerprint density at radius 1 is 1.39 bits per heavy atom. The van der Waals surface area contributed by atoms with Crippen molar-refractivity contribution in [2.45, 2.75) is 31.8 Å². The fraction of sp³-hybridized carbons (Fsp3) is 0.700. The number of primary amides is 1. The smallest absolute Gasteiger partial charge is 0.328 e. The third kappa shape index (κ3) is 5.76. The fourth-order valence-electron chi connectivity index (χ4n) is 1.12. The van der Waals surface area contributed by atoms with Gasteiger partial charge in [-0.3, -0.25) is 4.79 Å². The van der Waals surface area contributed by atoms with E-state index in [9.17, 15) is 14.4 Å². The van der Waals surface area contributed by atoms with Gasteiger partial charge in [-0.15, -0.1) is 0 Å². The lowest BCUT2D eigenvalue weighted by Gasteiger charge is -2.25. The number of nitrogens with one attached hydrogen (secondary N) is 2. The lowest BCUT2D eigenvalue weighted by atomic mass is 10.0. The molecule has 1 atom stereocenters. The lowest BCUT2D eigenvalue weighted by Crippen LogP contribution is -2.57. The average molecular weight is 277 g/mol. The number of carboxylic acids is 1. The van der Waals surface area contributed by atoms with Crippen molar-refractivity contribution in [3.63, 3.8) is 0 Å². The highest BCUT2D eigenvalue weighted by atomic mass is 32.2. The molecule has 0 aromatic carbocycles. The quantitative estimate of drug-likeness (QED) is 0.511. The molecule has 8 heteroatoms. The van der Waals surface area contributed by atoms with Crippen molar-refractivity contribution < 1.29 is 19.5 Å². The molecular weight excluding hydrogens is 258 g/mol. The van der Waals surface area contributed by atoms with E-state index in [0.717, 1.165) is 0 Å². The Morgan fingerprint density at radius 2 is 1.94 bits per heavy atom. The zero-order valence-corrected chi connectivity index (χ0v) is 11.5. The minimum Gasteiger partial charge on any atom is -0.480 e. The third-order valence-corrected chi connectivity index (χ3v) is 2.86. The summed E-state index contributed by atoms with van der Waals surface area (Å²) < 4.78 is 0. The van der Waals surface area contributed by atoms with Crippen LogP contribution in [0.4, 0.5) is 4.79 Å². The Labute approximate surface area is 110 Å². The number of urea groups is 1. The van der Waals surface area contributed by atoms with E-state index < -0.39 is 29.5 Å². The first kappa shape index (κ1) is 16.6. The van der Waals surface area contributed by atoms with Crippen LogP contribution in [0.25, 0.3) is 0 Å². The van der Waals surface area contributed by atoms with Gasteiger partial charge in [0.25, 0.3) is 0 Å². The van der Waals surface area contributed by atoms with Crippen LogP contribution >= 0.6 is 11.8 Å². The van der Waals surface area contributed by atoms with Crippen molar-refractivity contribution >= 4 is 29.7 Å². The molecular formula is C10H19N3O4S. The van der Waals surface area contributed by atoms with Crippen molar-refractivity contribution in [2.24, 2.45) is 5.73 Å². The van der Waals surface area contributed by atoms with Crippen LogP contribution in [0.1, 0.15) is 20.3 Å². The Morgan fingerprint density at radius 3 is 2.33 bits per heavy atom. The number of nitrogens with two attached hydrogens (primary N) is 1. The molecule has 0 spiro atoms. The molecule has 0 bridgehead atoms. The third-order valence-electron chi connectivity index (χ3n) is 2.21. The summed E-state index contributed by atoms with van der Waals surface area (Å²) in [7, 11) is 0. The van der Waals surface area contributed by atoms with Gasteiger partial charge < -0.3 is 21.5 Å². The van der Waals surface area contributed by atoms with Gasteiger partial charge in [-0.1, -0.05) is 0 Å². The summed E-state index contributed by atoms with van der Waals surface area (Å²) >= 11 is 1.51. The molecule has 0 aromatic rings. The molecule has 0 saturated heterocycles. The zero-order chi connectivity index (χ0) is 14.3. The number of carboxylic acid groups (broad SMARTS) is 1. The van der Waals surface area contributed by atoms with Gasteiger partial charge in [0.05, 0.1) is 0 Å². The Balaban J connectivity index is 4.64. The number of rotatable bonds is 7. The summed E-state index contributed by atoms with van der Waals surface area (Å²) in [6.45, 7) is 2.73. The molecule has 0 fully saturated rings. The number of aliphatic carboxylic acids is 1. The number of hydrogen-bond donors (Lipinski definition) is 4. The normalized spacial score (nSPS) is 12.6. The molecule has 0 aliphatic rings. The standard InChI is InChI=1S/C10H19N3O4S/c1-10(2,8(15)16)13-7(14)6(4-5-18-3)12-9(11)17/h6H,4-5H2,1-3H3,(H,13,14)(H,15,16)(H3,11,12,17). The summed E-state index contributed by atoms with van der Waals surface area (Å²) in [5.41, 5.74) is 3.58. The largest absolute Gasteiger partial charge is 0.480 e. The highest BCUT2D eigenvalue weighted by molar-refractivity contribution is 7.98. The Kier molecular flexibility index (Phi) is 6.53. The summed E-state index contributed by atoms with van der Waals surface area (Å²) in [5.74, 6) is -1.07. The van der Waals surface area contributed by atoms with Crippen LogP contribution in [0.3, 0.4) is 0 Å². The highest BCUT2D eigenvalue weighted by Gasteiger charge is 2.32. The van der Waals surface area contributed by atoms with Crippen molar-refractivity contribution in [3.05, 3.63) is 0 Å². The molecule has 0 radical (unpaired) electrons. The average Bonchev–Trinajstić information content (AvgIpc) is 2.22. The van der Waals surface area contributed by atoms with E-state index in [-0.39, 0.29) is 0 Å². The van der Waals surface area contributed by atoms with E-state index in [1.54, 1.807) is 0 Å². The number of carbonyl (C=O) groups excluding carboxylic acids is 2. The van der Waals surface area contributed by atoms with Crippen molar-refractivity contribution in [2.75, 3.05) is 12.0 Å². The van der Waals surface area contributed by atoms with Gasteiger partial charge in [0.15, 0.2) is 0 Å². The van der Waals surface area contributed by atoms with E-state index in [1.165, 1.54) is 25.6 Å². The molecule has 0 rings (SSSR count). The molecule has 3 amide bonds. The van der Waals surface area contributed by atoms with Gasteiger partial charge in [0, 0.05) is 0 Å². The van der Waals surface area contributed by atoms with Crippen molar-refractivity contribution in [1.29, 1.82) is 0 Å². The van der Waals surface area contributed by atoms with Gasteiger partial charge in [0.2, 0.25) is 5.91 Å². The molecule has 0 aliphatic heterocycles. The molecule has 18 heavy (non-hydrogen) atoms. The highest BCUT2D eigenvalue weighted by Crippen LogP contribution is 2.06. The van der Waals surface area contributed by atoms with Crippen LogP contribution < -0.4 is 16.4 Å². The van der Waals surface area contributed by atoms with E-state index in [0.29, 0.717) is 12.2 Å². The zero-order valence-electron chi connectivity index (χ0n) is 10.6. The minimum absolute atomic E-state index is 0.381. The summed E-state index contributed by atoms with van der Waals surface area (Å²) in [6, 6.07) is -1.64. The number of carbonyl (C=O) groups is 3. The first-order valence-electron chi connectivity index (χ1n) is 5.31. The van der Waals surface area contributed by atoms with Gasteiger partial charge in [-0.05, 0) is 32.3 Å². The Bertz CT molecular complexity index is 333. The maximum Gasteiger partial charge on any atom is 0.328 e. The van der Waals surface area contributed by atoms with Crippen LogP contribution in [0.2, 0.25) is 0 Å². The van der Waals surface area contributed by atoms with Gasteiger partial charge >= 0.3 is 12.0 Å². The van der Waals surface area contributed by atoms with E-state index in [2.05, 4.69) is 10.6 Å². The molecule has 0 aliphatic carbocycles. The number of thioether (sulfide) groups is 1. The fourth-order valence-corrected chi connectivity index (χ4v) is 1.60. The van der Waals surface area contributed by atoms with Gasteiger partial charge in [-0.25, -0.2) is 9.59 Å². The maximum absolute atomic E-state index is 11.9. The molecule has 1 unspecified atom stereocenters. The van der Waals surface area contributed by atoms with Crippen LogP contribution in [0.5, 0.6) is 0 Å². The van der Waals surface area contributed by atoms with Crippen LogP contribution in [0, 0.1) is 0 Å². The maximum atomic E-state index is 11.9. The van der Waals surface area contributed by atoms with Crippen LogP contribution in [0.15, 0.2) is 0 Å². The van der Waals surface area contributed by atoms with Gasteiger partial charge in [-0.2, -0.15) is 11.8 Å². The van der Waals surface area contributed by atoms with E-state index in [1.807, 2.05) is 6.26 Å². The second-order valence-electron chi connectivity index (χ2n) is 4.26. The topological polar surface area (TPSA) is 122 Å². The molecule has 104 valence electrons. The molecule has 0 aromatic heterocycles. The Hall–Kier alpha value is -1.44. The second kappa shape index (κ2) is 7.10. The predicted octanol–water partition coefficient (Wildman–Crippen LogP) is -0.244. The first-order chi connectivity index (χ1) is 8.20. The minimum atomic E-state index is -1.39. The lowest BCUT2D eigenvalue weighted by molar-refractivity contribution is -0.146. The molecule has 5 N–H and O–H groups in total.